The van der Waals surface area contributed by atoms with Crippen molar-refractivity contribution >= 4 is 16.9 Å². The fraction of sp³-hybridized carbons (Fsp3) is 0.333. The molecule has 3 rings (SSSR count). The van der Waals surface area contributed by atoms with Crippen molar-refractivity contribution < 1.29 is 13.9 Å². The molecule has 4 heteroatoms. The molecule has 0 saturated heterocycles. The monoisotopic (exact) mass is 258 g/mol. The number of carbonyl (C=O) groups excluding carboxylic acids is 1. The quantitative estimate of drug-likeness (QED) is 0.583. The highest BCUT2D eigenvalue weighted by Crippen LogP contribution is 2.40. The van der Waals surface area contributed by atoms with Crippen LogP contribution in [0.25, 0.3) is 11.0 Å². The van der Waals surface area contributed by atoms with Gasteiger partial charge in [0, 0.05) is 5.92 Å². The molecule has 1 atom stereocenters. The van der Waals surface area contributed by atoms with Crippen molar-refractivity contribution in [1.29, 1.82) is 0 Å². The molecular weight excluding hydrogens is 244 g/mol. The Kier molecular flexibility index (Phi) is 2.66. The molecule has 1 aliphatic rings. The van der Waals surface area contributed by atoms with Crippen LogP contribution in [0.4, 0.5) is 0 Å². The van der Waals surface area contributed by atoms with Crippen molar-refractivity contribution in [2.75, 3.05) is 0 Å². The molecule has 0 amide bonds. The Labute approximate surface area is 110 Å². The smallest absolute Gasteiger partial charge is 0.343 e. The SMILES string of the molecule is CC(C)C1CC(=O)Oc2c1c(=O)oc1ccccc21. The van der Waals surface area contributed by atoms with E-state index >= 15 is 0 Å². The summed E-state index contributed by atoms with van der Waals surface area (Å²) in [5, 5.41) is 0.677. The van der Waals surface area contributed by atoms with Gasteiger partial charge in [-0.3, -0.25) is 4.79 Å². The number of para-hydroxylation sites is 1. The third kappa shape index (κ3) is 1.84. The number of fused-ring (bicyclic) bond motifs is 3. The van der Waals surface area contributed by atoms with Crippen LogP contribution in [-0.2, 0) is 4.79 Å². The van der Waals surface area contributed by atoms with E-state index in [0.717, 1.165) is 0 Å². The van der Waals surface area contributed by atoms with Gasteiger partial charge in [0.2, 0.25) is 0 Å². The molecule has 1 unspecified atom stereocenters. The minimum atomic E-state index is -0.403. The molecule has 0 saturated carbocycles. The van der Waals surface area contributed by atoms with Gasteiger partial charge in [-0.2, -0.15) is 0 Å². The largest absolute Gasteiger partial charge is 0.425 e. The third-order valence-electron chi connectivity index (χ3n) is 3.58. The highest BCUT2D eigenvalue weighted by molar-refractivity contribution is 5.89. The Bertz CT molecular complexity index is 712. The first-order valence-electron chi connectivity index (χ1n) is 6.34. The van der Waals surface area contributed by atoms with E-state index in [1.807, 2.05) is 19.9 Å². The molecule has 2 aromatic rings. The molecule has 2 heterocycles. The van der Waals surface area contributed by atoms with Crippen molar-refractivity contribution in [1.82, 2.24) is 0 Å². The molecule has 0 bridgehead atoms. The average Bonchev–Trinajstić information content (AvgIpc) is 2.37. The second-order valence-corrected chi connectivity index (χ2v) is 5.16. The van der Waals surface area contributed by atoms with Gasteiger partial charge >= 0.3 is 11.6 Å². The van der Waals surface area contributed by atoms with Crippen LogP contribution in [0.3, 0.4) is 0 Å². The van der Waals surface area contributed by atoms with E-state index in [4.69, 9.17) is 9.15 Å². The molecule has 0 radical (unpaired) electrons. The summed E-state index contributed by atoms with van der Waals surface area (Å²) in [5.41, 5.74) is 0.539. The Hall–Kier alpha value is -2.10. The van der Waals surface area contributed by atoms with Crippen molar-refractivity contribution in [3.8, 4) is 5.75 Å². The second-order valence-electron chi connectivity index (χ2n) is 5.16. The molecule has 0 aliphatic carbocycles. The van der Waals surface area contributed by atoms with E-state index in [2.05, 4.69) is 0 Å². The van der Waals surface area contributed by atoms with Gasteiger partial charge in [0.05, 0.1) is 17.4 Å². The first-order valence-corrected chi connectivity index (χ1v) is 6.34. The van der Waals surface area contributed by atoms with Gasteiger partial charge in [0.15, 0.2) is 5.75 Å². The molecule has 4 nitrogen and oxygen atoms in total. The van der Waals surface area contributed by atoms with Gasteiger partial charge in [-0.1, -0.05) is 26.0 Å². The van der Waals surface area contributed by atoms with Crippen molar-refractivity contribution in [2.45, 2.75) is 26.2 Å². The molecule has 98 valence electrons. The number of esters is 1. The standard InChI is InChI=1S/C15H14O4/c1-8(2)10-7-12(16)19-14-9-5-3-4-6-11(9)18-15(17)13(10)14/h3-6,8,10H,7H2,1-2H3. The van der Waals surface area contributed by atoms with E-state index in [0.29, 0.717) is 22.3 Å². The van der Waals surface area contributed by atoms with Crippen LogP contribution in [0, 0.1) is 5.92 Å². The maximum Gasteiger partial charge on any atom is 0.343 e. The van der Waals surface area contributed by atoms with Crippen molar-refractivity contribution in [3.05, 3.63) is 40.2 Å². The Morgan fingerprint density at radius 3 is 2.68 bits per heavy atom. The van der Waals surface area contributed by atoms with Crippen molar-refractivity contribution in [2.24, 2.45) is 5.92 Å². The first-order chi connectivity index (χ1) is 9.08. The number of hydrogen-bond acceptors (Lipinski definition) is 4. The van der Waals surface area contributed by atoms with E-state index < -0.39 is 5.63 Å². The zero-order valence-corrected chi connectivity index (χ0v) is 10.8. The number of carbonyl (C=O) groups is 1. The van der Waals surface area contributed by atoms with Gasteiger partial charge in [-0.25, -0.2) is 4.79 Å². The highest BCUT2D eigenvalue weighted by atomic mass is 16.5. The molecule has 1 aliphatic heterocycles. The predicted octanol–water partition coefficient (Wildman–Crippen LogP) is 2.84. The van der Waals surface area contributed by atoms with Crippen LogP contribution in [0.1, 0.15) is 31.7 Å². The van der Waals surface area contributed by atoms with Crippen LogP contribution in [-0.4, -0.2) is 5.97 Å². The lowest BCUT2D eigenvalue weighted by atomic mass is 9.84. The lowest BCUT2D eigenvalue weighted by Crippen LogP contribution is -2.28. The predicted molar refractivity (Wildman–Crippen MR) is 70.3 cm³/mol. The molecule has 0 N–H and O–H groups in total. The van der Waals surface area contributed by atoms with E-state index in [9.17, 15) is 9.59 Å². The Morgan fingerprint density at radius 2 is 1.95 bits per heavy atom. The van der Waals surface area contributed by atoms with Crippen LogP contribution in [0.15, 0.2) is 33.5 Å². The molecule has 0 fully saturated rings. The third-order valence-corrected chi connectivity index (χ3v) is 3.58. The van der Waals surface area contributed by atoms with Crippen LogP contribution < -0.4 is 10.4 Å². The second kappa shape index (κ2) is 4.23. The summed E-state index contributed by atoms with van der Waals surface area (Å²) in [6.45, 7) is 3.98. The van der Waals surface area contributed by atoms with E-state index in [1.54, 1.807) is 18.2 Å². The molecule has 0 spiro atoms. The average molecular weight is 258 g/mol. The summed E-state index contributed by atoms with van der Waals surface area (Å²) in [6.07, 6.45) is 0.230. The lowest BCUT2D eigenvalue weighted by molar-refractivity contribution is -0.136. The van der Waals surface area contributed by atoms with Gasteiger partial charge in [-0.15, -0.1) is 0 Å². The van der Waals surface area contributed by atoms with Crippen LogP contribution >= 0.6 is 0 Å². The van der Waals surface area contributed by atoms with E-state index in [1.165, 1.54) is 0 Å². The number of rotatable bonds is 1. The van der Waals surface area contributed by atoms with Crippen LogP contribution in [0.2, 0.25) is 0 Å². The summed E-state index contributed by atoms with van der Waals surface area (Å²) in [5.74, 6) is 0.122. The zero-order chi connectivity index (χ0) is 13.6. The highest BCUT2D eigenvalue weighted by Gasteiger charge is 2.34. The van der Waals surface area contributed by atoms with Gasteiger partial charge in [0.1, 0.15) is 5.58 Å². The molecule has 19 heavy (non-hydrogen) atoms. The number of hydrogen-bond donors (Lipinski definition) is 0. The maximum atomic E-state index is 12.1. The molecular formula is C15H14O4. The summed E-state index contributed by atoms with van der Waals surface area (Å²) in [7, 11) is 0. The Balaban J connectivity index is 2.37. The van der Waals surface area contributed by atoms with Gasteiger partial charge in [-0.05, 0) is 18.1 Å². The minimum Gasteiger partial charge on any atom is -0.425 e. The Morgan fingerprint density at radius 1 is 1.21 bits per heavy atom. The zero-order valence-electron chi connectivity index (χ0n) is 10.8. The number of ether oxygens (including phenoxy) is 1. The minimum absolute atomic E-state index is 0.142. The van der Waals surface area contributed by atoms with Crippen LogP contribution in [0.5, 0.6) is 5.75 Å². The number of benzene rings is 1. The fourth-order valence-corrected chi connectivity index (χ4v) is 2.57. The normalized spacial score (nSPS) is 18.5. The van der Waals surface area contributed by atoms with Gasteiger partial charge in [0.25, 0.3) is 0 Å². The van der Waals surface area contributed by atoms with Crippen molar-refractivity contribution in [3.63, 3.8) is 0 Å². The van der Waals surface area contributed by atoms with E-state index in [-0.39, 0.29) is 24.2 Å². The maximum absolute atomic E-state index is 12.1. The first kappa shape index (κ1) is 12.0. The summed E-state index contributed by atoms with van der Waals surface area (Å²) in [4.78, 5) is 23.9. The fourth-order valence-electron chi connectivity index (χ4n) is 2.57. The molecule has 1 aromatic carbocycles. The summed E-state index contributed by atoms with van der Waals surface area (Å²) >= 11 is 0. The lowest BCUT2D eigenvalue weighted by Gasteiger charge is -2.26. The molecule has 1 aromatic heterocycles. The summed E-state index contributed by atoms with van der Waals surface area (Å²) < 4.78 is 10.6. The van der Waals surface area contributed by atoms with Gasteiger partial charge < -0.3 is 9.15 Å². The summed E-state index contributed by atoms with van der Waals surface area (Å²) in [6, 6.07) is 7.11. The topological polar surface area (TPSA) is 56.5 Å².